The van der Waals surface area contributed by atoms with Crippen molar-refractivity contribution in [3.63, 3.8) is 0 Å². The Labute approximate surface area is 109 Å². The Morgan fingerprint density at radius 2 is 2.17 bits per heavy atom. The van der Waals surface area contributed by atoms with Crippen LogP contribution in [-0.4, -0.2) is 56.9 Å². The fraction of sp³-hybridized carbons (Fsp3) is 0.917. The minimum absolute atomic E-state index is 0.00241. The SMILES string of the molecule is CN1CCCC1CNC(=O)CC1CCS(=O)(=O)C1. The summed E-state index contributed by atoms with van der Waals surface area (Å²) in [5.74, 6) is 0.453. The second-order valence-corrected chi connectivity index (χ2v) is 7.78. The molecule has 2 fully saturated rings. The lowest BCUT2D eigenvalue weighted by molar-refractivity contribution is -0.122. The largest absolute Gasteiger partial charge is 0.355 e. The topological polar surface area (TPSA) is 66.5 Å². The number of nitrogens with one attached hydrogen (secondary N) is 1. The van der Waals surface area contributed by atoms with Crippen LogP contribution in [0.15, 0.2) is 0 Å². The van der Waals surface area contributed by atoms with E-state index >= 15 is 0 Å². The van der Waals surface area contributed by atoms with Crippen LogP contribution in [0.2, 0.25) is 0 Å². The van der Waals surface area contributed by atoms with Gasteiger partial charge in [-0.2, -0.15) is 0 Å². The summed E-state index contributed by atoms with van der Waals surface area (Å²) in [6, 6.07) is 0.446. The number of hydrogen-bond donors (Lipinski definition) is 1. The molecule has 2 heterocycles. The van der Waals surface area contributed by atoms with Crippen molar-refractivity contribution < 1.29 is 13.2 Å². The van der Waals surface area contributed by atoms with Gasteiger partial charge in [0, 0.05) is 19.0 Å². The molecule has 0 aromatic carbocycles. The fourth-order valence-electron chi connectivity index (χ4n) is 2.84. The molecule has 0 aromatic heterocycles. The van der Waals surface area contributed by atoms with Crippen LogP contribution in [0.4, 0.5) is 0 Å². The summed E-state index contributed by atoms with van der Waals surface area (Å²) in [4.78, 5) is 14.0. The van der Waals surface area contributed by atoms with E-state index in [0.717, 1.165) is 13.0 Å². The third kappa shape index (κ3) is 3.68. The van der Waals surface area contributed by atoms with E-state index < -0.39 is 9.84 Å². The molecule has 2 rings (SSSR count). The van der Waals surface area contributed by atoms with Gasteiger partial charge in [-0.1, -0.05) is 0 Å². The second kappa shape index (κ2) is 5.57. The predicted molar refractivity (Wildman–Crippen MR) is 70.0 cm³/mol. The summed E-state index contributed by atoms with van der Waals surface area (Å²) in [6.45, 7) is 1.79. The highest BCUT2D eigenvalue weighted by molar-refractivity contribution is 7.91. The van der Waals surface area contributed by atoms with Gasteiger partial charge >= 0.3 is 0 Å². The highest BCUT2D eigenvalue weighted by atomic mass is 32.2. The van der Waals surface area contributed by atoms with Gasteiger partial charge in [-0.3, -0.25) is 4.79 Å². The zero-order chi connectivity index (χ0) is 13.2. The molecule has 18 heavy (non-hydrogen) atoms. The molecule has 2 aliphatic rings. The normalized spacial score (nSPS) is 31.6. The quantitative estimate of drug-likeness (QED) is 0.785. The van der Waals surface area contributed by atoms with Crippen LogP contribution in [0, 0.1) is 5.92 Å². The van der Waals surface area contributed by atoms with Crippen LogP contribution in [-0.2, 0) is 14.6 Å². The fourth-order valence-corrected chi connectivity index (χ4v) is 4.70. The van der Waals surface area contributed by atoms with Gasteiger partial charge in [0.1, 0.15) is 0 Å². The Morgan fingerprint density at radius 1 is 1.39 bits per heavy atom. The molecule has 0 aromatic rings. The van der Waals surface area contributed by atoms with Gasteiger partial charge in [-0.05, 0) is 38.8 Å². The van der Waals surface area contributed by atoms with Gasteiger partial charge in [0.25, 0.3) is 0 Å². The average Bonchev–Trinajstić information content (AvgIpc) is 2.82. The Bertz CT molecular complexity index is 408. The Kier molecular flexibility index (Phi) is 4.27. The zero-order valence-electron chi connectivity index (χ0n) is 10.9. The van der Waals surface area contributed by atoms with Gasteiger partial charge in [-0.15, -0.1) is 0 Å². The van der Waals surface area contributed by atoms with Crippen molar-refractivity contribution in [3.05, 3.63) is 0 Å². The molecule has 2 aliphatic heterocycles. The minimum Gasteiger partial charge on any atom is -0.355 e. The van der Waals surface area contributed by atoms with Gasteiger partial charge in [0.05, 0.1) is 11.5 Å². The van der Waals surface area contributed by atoms with Crippen LogP contribution in [0.3, 0.4) is 0 Å². The number of nitrogens with zero attached hydrogens (tertiary/aromatic N) is 1. The summed E-state index contributed by atoms with van der Waals surface area (Å²) in [6.07, 6.45) is 3.32. The van der Waals surface area contributed by atoms with Crippen LogP contribution >= 0.6 is 0 Å². The number of amides is 1. The standard InChI is InChI=1S/C12H22N2O3S/c1-14-5-2-3-11(14)8-13-12(15)7-10-4-6-18(16,17)9-10/h10-11H,2-9H2,1H3,(H,13,15). The first kappa shape index (κ1) is 13.8. The molecule has 0 saturated carbocycles. The monoisotopic (exact) mass is 274 g/mol. The van der Waals surface area contributed by atoms with Crippen molar-refractivity contribution in [3.8, 4) is 0 Å². The van der Waals surface area contributed by atoms with Crippen molar-refractivity contribution in [1.29, 1.82) is 0 Å². The molecule has 2 unspecified atom stereocenters. The van der Waals surface area contributed by atoms with Gasteiger partial charge < -0.3 is 10.2 Å². The van der Waals surface area contributed by atoms with E-state index in [1.54, 1.807) is 0 Å². The van der Waals surface area contributed by atoms with E-state index in [0.29, 0.717) is 25.4 Å². The molecule has 104 valence electrons. The lowest BCUT2D eigenvalue weighted by Gasteiger charge is -2.20. The van der Waals surface area contributed by atoms with E-state index in [1.165, 1.54) is 6.42 Å². The molecule has 2 atom stereocenters. The lowest BCUT2D eigenvalue weighted by Crippen LogP contribution is -2.38. The molecular weight excluding hydrogens is 252 g/mol. The minimum atomic E-state index is -2.87. The first-order chi connectivity index (χ1) is 8.46. The Balaban J connectivity index is 1.69. The second-order valence-electron chi connectivity index (χ2n) is 5.55. The Hall–Kier alpha value is -0.620. The number of likely N-dealkylation sites (tertiary alicyclic amines) is 1. The van der Waals surface area contributed by atoms with E-state index in [9.17, 15) is 13.2 Å². The van der Waals surface area contributed by atoms with Crippen molar-refractivity contribution in [2.24, 2.45) is 5.92 Å². The van der Waals surface area contributed by atoms with Gasteiger partial charge in [-0.25, -0.2) is 8.42 Å². The summed E-state index contributed by atoms with van der Waals surface area (Å²) < 4.78 is 22.6. The number of likely N-dealkylation sites (N-methyl/N-ethyl adjacent to an activating group) is 1. The number of carbonyl (C=O) groups is 1. The molecule has 0 aliphatic carbocycles. The van der Waals surface area contributed by atoms with E-state index in [4.69, 9.17) is 0 Å². The summed E-state index contributed by atoms with van der Waals surface area (Å²) in [5, 5.41) is 2.93. The van der Waals surface area contributed by atoms with E-state index in [2.05, 4.69) is 17.3 Å². The maximum Gasteiger partial charge on any atom is 0.220 e. The van der Waals surface area contributed by atoms with Crippen molar-refractivity contribution in [2.75, 3.05) is 31.6 Å². The van der Waals surface area contributed by atoms with Crippen LogP contribution < -0.4 is 5.32 Å². The number of hydrogen-bond acceptors (Lipinski definition) is 4. The molecule has 2 saturated heterocycles. The molecule has 5 nitrogen and oxygen atoms in total. The van der Waals surface area contributed by atoms with Crippen LogP contribution in [0.1, 0.15) is 25.7 Å². The molecule has 1 N–H and O–H groups in total. The summed E-state index contributed by atoms with van der Waals surface area (Å²) in [5.41, 5.74) is 0. The van der Waals surface area contributed by atoms with Crippen molar-refractivity contribution >= 4 is 15.7 Å². The molecule has 0 bridgehead atoms. The third-order valence-electron chi connectivity index (χ3n) is 4.01. The maximum absolute atomic E-state index is 11.7. The zero-order valence-corrected chi connectivity index (χ0v) is 11.7. The van der Waals surface area contributed by atoms with Crippen LogP contribution in [0.25, 0.3) is 0 Å². The van der Waals surface area contributed by atoms with Gasteiger partial charge in [0.2, 0.25) is 5.91 Å². The molecule has 6 heteroatoms. The first-order valence-corrected chi connectivity index (χ1v) is 8.46. The molecule has 0 spiro atoms. The van der Waals surface area contributed by atoms with Crippen LogP contribution in [0.5, 0.6) is 0 Å². The molecule has 0 radical (unpaired) electrons. The smallest absolute Gasteiger partial charge is 0.220 e. The number of carbonyl (C=O) groups excluding carboxylic acids is 1. The lowest BCUT2D eigenvalue weighted by atomic mass is 10.0. The predicted octanol–water partition coefficient (Wildman–Crippen LogP) is 0.0216. The van der Waals surface area contributed by atoms with E-state index in [-0.39, 0.29) is 23.3 Å². The highest BCUT2D eigenvalue weighted by Crippen LogP contribution is 2.21. The summed E-state index contributed by atoms with van der Waals surface area (Å²) >= 11 is 0. The highest BCUT2D eigenvalue weighted by Gasteiger charge is 2.29. The first-order valence-electron chi connectivity index (χ1n) is 6.63. The van der Waals surface area contributed by atoms with Gasteiger partial charge in [0.15, 0.2) is 9.84 Å². The van der Waals surface area contributed by atoms with Crippen molar-refractivity contribution in [1.82, 2.24) is 10.2 Å². The van der Waals surface area contributed by atoms with E-state index in [1.807, 2.05) is 0 Å². The maximum atomic E-state index is 11.7. The number of sulfone groups is 1. The Morgan fingerprint density at radius 3 is 2.72 bits per heavy atom. The summed E-state index contributed by atoms with van der Waals surface area (Å²) in [7, 11) is -0.792. The van der Waals surface area contributed by atoms with Crippen molar-refractivity contribution in [2.45, 2.75) is 31.7 Å². The third-order valence-corrected chi connectivity index (χ3v) is 5.84. The molecular formula is C12H22N2O3S. The number of rotatable bonds is 4. The average molecular weight is 274 g/mol. The molecule has 1 amide bonds.